The number of benzene rings is 3. The van der Waals surface area contributed by atoms with Crippen LogP contribution in [0.15, 0.2) is 72.5 Å². The van der Waals surface area contributed by atoms with E-state index in [4.69, 9.17) is 9.47 Å². The highest BCUT2D eigenvalue weighted by Gasteiger charge is 2.29. The van der Waals surface area contributed by atoms with Gasteiger partial charge in [0.05, 0.1) is 19.2 Å². The highest BCUT2D eigenvalue weighted by Crippen LogP contribution is 2.36. The van der Waals surface area contributed by atoms with E-state index < -0.39 is 6.09 Å². The lowest BCUT2D eigenvalue weighted by atomic mass is 10.1. The number of hydrogen-bond donors (Lipinski definition) is 1. The number of methoxy groups -OCH3 is 1. The van der Waals surface area contributed by atoms with E-state index in [1.165, 1.54) is 4.90 Å². The van der Waals surface area contributed by atoms with Crippen LogP contribution in [0.4, 0.5) is 10.5 Å². The van der Waals surface area contributed by atoms with Crippen LogP contribution in [0.1, 0.15) is 27.2 Å². The molecule has 2 aliphatic heterocycles. The molecule has 0 bridgehead atoms. The molecule has 9 heteroatoms. The van der Waals surface area contributed by atoms with Gasteiger partial charge in [-0.2, -0.15) is 0 Å². The molecule has 0 atom stereocenters. The first-order valence-electron chi connectivity index (χ1n) is 14.5. The number of nitrogens with zero attached hydrogens (tertiary/aromatic N) is 4. The average Bonchev–Trinajstić information content (AvgIpc) is 3.47. The van der Waals surface area contributed by atoms with E-state index in [2.05, 4.69) is 34.4 Å². The minimum absolute atomic E-state index is 0.128. The number of likely N-dealkylation sites (N-methyl/N-ethyl adjacent to an activating group) is 1. The molecule has 0 spiro atoms. The van der Waals surface area contributed by atoms with Crippen molar-refractivity contribution in [2.75, 3.05) is 51.8 Å². The zero-order chi connectivity index (χ0) is 30.1. The topological polar surface area (TPSA) is 87.5 Å². The Morgan fingerprint density at radius 2 is 1.79 bits per heavy atom. The number of rotatable bonds is 8. The minimum atomic E-state index is -1.06. The van der Waals surface area contributed by atoms with Crippen LogP contribution in [0.25, 0.3) is 17.0 Å². The van der Waals surface area contributed by atoms with Crippen LogP contribution >= 0.6 is 0 Å². The van der Waals surface area contributed by atoms with E-state index in [9.17, 15) is 14.7 Å². The maximum absolute atomic E-state index is 13.5. The Hall–Kier alpha value is -4.60. The number of para-hydroxylation sites is 1. The molecule has 3 aromatic carbocycles. The van der Waals surface area contributed by atoms with Crippen LogP contribution in [-0.2, 0) is 13.1 Å². The molecule has 0 unspecified atom stereocenters. The molecule has 1 saturated heterocycles. The van der Waals surface area contributed by atoms with Gasteiger partial charge in [-0.25, -0.2) is 4.79 Å². The van der Waals surface area contributed by atoms with Crippen molar-refractivity contribution in [1.29, 1.82) is 0 Å². The van der Waals surface area contributed by atoms with Gasteiger partial charge in [-0.05, 0) is 68.1 Å². The summed E-state index contributed by atoms with van der Waals surface area (Å²) in [6, 6.07) is 20.2. The van der Waals surface area contributed by atoms with E-state index in [0.29, 0.717) is 17.0 Å². The summed E-state index contributed by atoms with van der Waals surface area (Å²) < 4.78 is 14.0. The Balaban J connectivity index is 1.29. The minimum Gasteiger partial charge on any atom is -0.497 e. The van der Waals surface area contributed by atoms with E-state index >= 15 is 0 Å². The molecule has 0 radical (unpaired) electrons. The Labute approximate surface area is 251 Å². The summed E-state index contributed by atoms with van der Waals surface area (Å²) in [5.41, 5.74) is 4.82. The number of fused-ring (bicyclic) bond motifs is 2. The van der Waals surface area contributed by atoms with Gasteiger partial charge < -0.3 is 24.0 Å². The van der Waals surface area contributed by atoms with Crippen LogP contribution in [0.5, 0.6) is 11.5 Å². The fraction of sp³-hybridized carbons (Fsp3) is 0.294. The summed E-state index contributed by atoms with van der Waals surface area (Å²) >= 11 is 0. The van der Waals surface area contributed by atoms with Gasteiger partial charge in [0.15, 0.2) is 5.76 Å². The maximum atomic E-state index is 13.5. The Morgan fingerprint density at radius 1 is 1.02 bits per heavy atom. The second-order valence-corrected chi connectivity index (χ2v) is 11.2. The number of carbonyl (C=O) groups is 2. The summed E-state index contributed by atoms with van der Waals surface area (Å²) in [4.78, 5) is 31.6. The number of piperazine rings is 1. The van der Waals surface area contributed by atoms with Crippen LogP contribution in [0, 0.1) is 6.92 Å². The van der Waals surface area contributed by atoms with Crippen molar-refractivity contribution in [3.63, 3.8) is 0 Å². The van der Waals surface area contributed by atoms with E-state index in [0.717, 1.165) is 72.7 Å². The van der Waals surface area contributed by atoms with Crippen molar-refractivity contribution in [2.45, 2.75) is 20.0 Å². The number of Topliss-reactive ketones (excluding diaryl/α,β-unsaturated/α-hetero) is 1. The standard InChI is InChI=1S/C34H36N4O5/c1-23-28(29-20-26(42-3)10-12-30(29)37(23)18-17-36-15-13-35(2)14-16-36)21-32-33(39)27-11-9-24(19-31(27)43-32)22-38(34(40)41)25-7-5-4-6-8-25/h4-12,19-21H,13-18,22H2,1-3H3,(H,40,41)/b32-21-. The molecule has 222 valence electrons. The Morgan fingerprint density at radius 3 is 2.51 bits per heavy atom. The number of amides is 1. The highest BCUT2D eigenvalue weighted by atomic mass is 16.5. The summed E-state index contributed by atoms with van der Waals surface area (Å²) in [5.74, 6) is 1.23. The Bertz CT molecular complexity index is 1700. The maximum Gasteiger partial charge on any atom is 0.412 e. The van der Waals surface area contributed by atoms with Gasteiger partial charge in [0, 0.05) is 67.1 Å². The third kappa shape index (κ3) is 5.74. The van der Waals surface area contributed by atoms with Gasteiger partial charge in [-0.1, -0.05) is 24.3 Å². The third-order valence-electron chi connectivity index (χ3n) is 8.46. The molecule has 2 aliphatic rings. The summed E-state index contributed by atoms with van der Waals surface area (Å²) in [6.45, 7) is 8.24. The molecule has 0 saturated carbocycles. The number of anilines is 1. The van der Waals surface area contributed by atoms with Crippen molar-refractivity contribution in [3.8, 4) is 11.5 Å². The van der Waals surface area contributed by atoms with Crippen molar-refractivity contribution >= 4 is 34.5 Å². The molecule has 9 nitrogen and oxygen atoms in total. The molecule has 0 aliphatic carbocycles. The fourth-order valence-electron chi connectivity index (χ4n) is 5.92. The molecule has 1 fully saturated rings. The quantitative estimate of drug-likeness (QED) is 0.275. The number of allylic oxidation sites excluding steroid dienone is 1. The average molecular weight is 581 g/mol. The highest BCUT2D eigenvalue weighted by molar-refractivity contribution is 6.15. The van der Waals surface area contributed by atoms with Crippen molar-refractivity contribution in [3.05, 3.63) is 94.9 Å². The molecular weight excluding hydrogens is 544 g/mol. The monoisotopic (exact) mass is 580 g/mol. The predicted octanol–water partition coefficient (Wildman–Crippen LogP) is 5.51. The van der Waals surface area contributed by atoms with Gasteiger partial charge in [0.25, 0.3) is 0 Å². The smallest absolute Gasteiger partial charge is 0.412 e. The molecule has 1 amide bonds. The van der Waals surface area contributed by atoms with Gasteiger partial charge >= 0.3 is 6.09 Å². The largest absolute Gasteiger partial charge is 0.497 e. The van der Waals surface area contributed by atoms with E-state index in [1.54, 1.807) is 49.6 Å². The molecular formula is C34H36N4O5. The van der Waals surface area contributed by atoms with Gasteiger partial charge in [-0.15, -0.1) is 0 Å². The van der Waals surface area contributed by atoms with Crippen LogP contribution in [0.2, 0.25) is 0 Å². The first kappa shape index (κ1) is 28.5. The second kappa shape index (κ2) is 11.9. The number of aromatic nitrogens is 1. The number of carbonyl (C=O) groups excluding carboxylic acids is 1. The lowest BCUT2D eigenvalue weighted by molar-refractivity contribution is 0.101. The van der Waals surface area contributed by atoms with Crippen molar-refractivity contribution in [1.82, 2.24) is 14.4 Å². The van der Waals surface area contributed by atoms with Crippen molar-refractivity contribution in [2.24, 2.45) is 0 Å². The van der Waals surface area contributed by atoms with Gasteiger partial charge in [0.1, 0.15) is 11.5 Å². The molecule has 3 heterocycles. The molecule has 4 aromatic rings. The SMILES string of the molecule is COc1ccc2c(c1)c(/C=C1\Oc3cc(CN(C(=O)O)c4ccccc4)ccc3C1=O)c(C)n2CCN1CCN(C)CC1. The lowest BCUT2D eigenvalue weighted by Gasteiger charge is -2.32. The van der Waals surface area contributed by atoms with Crippen LogP contribution in [-0.4, -0.2) is 78.2 Å². The van der Waals surface area contributed by atoms with Crippen LogP contribution in [0.3, 0.4) is 0 Å². The van der Waals surface area contributed by atoms with E-state index in [1.807, 2.05) is 24.3 Å². The number of hydrogen-bond acceptors (Lipinski definition) is 6. The van der Waals surface area contributed by atoms with E-state index in [-0.39, 0.29) is 18.1 Å². The summed E-state index contributed by atoms with van der Waals surface area (Å²) in [7, 11) is 3.81. The van der Waals surface area contributed by atoms with Crippen LogP contribution < -0.4 is 14.4 Å². The first-order valence-corrected chi connectivity index (χ1v) is 14.5. The van der Waals surface area contributed by atoms with Gasteiger partial charge in [-0.3, -0.25) is 14.6 Å². The first-order chi connectivity index (χ1) is 20.8. The number of carboxylic acid groups (broad SMARTS) is 1. The number of ketones is 1. The predicted molar refractivity (Wildman–Crippen MR) is 167 cm³/mol. The second-order valence-electron chi connectivity index (χ2n) is 11.2. The molecule has 43 heavy (non-hydrogen) atoms. The molecule has 1 aromatic heterocycles. The molecule has 6 rings (SSSR count). The molecule has 1 N–H and O–H groups in total. The van der Waals surface area contributed by atoms with Gasteiger partial charge in [0.2, 0.25) is 5.78 Å². The lowest BCUT2D eigenvalue weighted by Crippen LogP contribution is -2.45. The summed E-state index contributed by atoms with van der Waals surface area (Å²) in [5, 5.41) is 10.8. The van der Waals surface area contributed by atoms with Crippen molar-refractivity contribution < 1.29 is 24.2 Å². The third-order valence-corrected chi connectivity index (χ3v) is 8.46. The zero-order valence-electron chi connectivity index (χ0n) is 24.7. The summed E-state index contributed by atoms with van der Waals surface area (Å²) in [6.07, 6.45) is 0.776. The zero-order valence-corrected chi connectivity index (χ0v) is 24.7. The Kier molecular flexibility index (Phi) is 7.92. The number of ether oxygens (including phenoxy) is 2. The normalized spacial score (nSPS) is 16.4. The fourth-order valence-corrected chi connectivity index (χ4v) is 5.92.